The van der Waals surface area contributed by atoms with Gasteiger partial charge in [-0.3, -0.25) is 4.90 Å². The van der Waals surface area contributed by atoms with Crippen LogP contribution < -0.4 is 5.32 Å². The summed E-state index contributed by atoms with van der Waals surface area (Å²) in [5.74, 6) is -0.503. The van der Waals surface area contributed by atoms with Crippen LogP contribution in [0.4, 0.5) is 19.2 Å². The van der Waals surface area contributed by atoms with E-state index in [0.717, 1.165) is 19.2 Å². The maximum Gasteiger partial charge on any atom is 0.416 e. The molecule has 3 N–H and O–H groups in total. The third-order valence-electron chi connectivity index (χ3n) is 5.43. The number of anilines is 1. The highest BCUT2D eigenvalue weighted by molar-refractivity contribution is 5.78. The maximum atomic E-state index is 13.0. The molecule has 0 amide bonds. The highest BCUT2D eigenvalue weighted by atomic mass is 19.4. The van der Waals surface area contributed by atoms with Crippen molar-refractivity contribution in [3.8, 4) is 17.0 Å². The van der Waals surface area contributed by atoms with Crippen molar-refractivity contribution in [1.29, 1.82) is 0 Å². The van der Waals surface area contributed by atoms with E-state index in [1.807, 2.05) is 6.92 Å². The quantitative estimate of drug-likeness (QED) is 0.573. The third kappa shape index (κ3) is 4.45. The standard InChI is InChI=1S/C21H23F3N4O3/c1-3-28-9-13(8-14(29)10-28)25-20-27-19-17(31-20)5-4-15(26-19)18-11(2)6-12(7-16(18)30)21(22,23)24/h4-7,13-14,29-30H,3,8-10H2,1-2H3,(H,25,26,27)/t13-,14-/m1/s1. The molecule has 2 atom stereocenters. The molecule has 166 valence electrons. The number of β-amino-alcohol motifs (C(OH)–C–C–N with tert-alkyl or cyclic N) is 1. The Hall–Kier alpha value is -2.85. The number of nitrogens with one attached hydrogen (secondary N) is 1. The van der Waals surface area contributed by atoms with Crippen LogP contribution in [0.3, 0.4) is 0 Å². The van der Waals surface area contributed by atoms with E-state index in [-0.39, 0.29) is 28.8 Å². The van der Waals surface area contributed by atoms with Crippen molar-refractivity contribution in [3.63, 3.8) is 0 Å². The second-order valence-corrected chi connectivity index (χ2v) is 7.81. The lowest BCUT2D eigenvalue weighted by molar-refractivity contribution is -0.137. The number of alkyl halides is 3. The number of aliphatic hydroxyl groups excluding tert-OH is 1. The maximum absolute atomic E-state index is 13.0. The molecular formula is C21H23F3N4O3. The number of likely N-dealkylation sites (tertiary alicyclic amines) is 1. The molecule has 0 aliphatic carbocycles. The smallest absolute Gasteiger partial charge is 0.416 e. The van der Waals surface area contributed by atoms with Gasteiger partial charge in [-0.05, 0) is 49.7 Å². The number of benzene rings is 1. The lowest BCUT2D eigenvalue weighted by Gasteiger charge is -2.34. The van der Waals surface area contributed by atoms with Crippen LogP contribution in [0.15, 0.2) is 28.7 Å². The zero-order valence-corrected chi connectivity index (χ0v) is 17.1. The van der Waals surface area contributed by atoms with Gasteiger partial charge in [-0.2, -0.15) is 18.2 Å². The molecule has 1 saturated heterocycles. The molecule has 0 bridgehead atoms. The van der Waals surface area contributed by atoms with Crippen molar-refractivity contribution in [2.75, 3.05) is 25.0 Å². The highest BCUT2D eigenvalue weighted by Crippen LogP contribution is 2.39. The first kappa shape index (κ1) is 21.4. The highest BCUT2D eigenvalue weighted by Gasteiger charge is 2.32. The molecule has 3 aromatic rings. The minimum absolute atomic E-state index is 0.0440. The number of hydrogen-bond donors (Lipinski definition) is 3. The first-order valence-corrected chi connectivity index (χ1v) is 9.99. The SMILES string of the molecule is CCN1C[C@H](O)C[C@@H](Nc2nc3nc(-c4c(C)cc(C(F)(F)F)cc4O)ccc3o2)C1. The molecule has 1 aliphatic heterocycles. The van der Waals surface area contributed by atoms with E-state index < -0.39 is 23.6 Å². The Morgan fingerprint density at radius 1 is 1.23 bits per heavy atom. The van der Waals surface area contributed by atoms with Crippen LogP contribution in [0, 0.1) is 6.92 Å². The molecule has 2 aromatic heterocycles. The number of aryl methyl sites for hydroxylation is 1. The molecule has 1 fully saturated rings. The summed E-state index contributed by atoms with van der Waals surface area (Å²) >= 11 is 0. The van der Waals surface area contributed by atoms with Crippen LogP contribution in [-0.4, -0.2) is 56.9 Å². The summed E-state index contributed by atoms with van der Waals surface area (Å²) in [7, 11) is 0. The van der Waals surface area contributed by atoms with Crippen LogP contribution in [0.25, 0.3) is 22.5 Å². The van der Waals surface area contributed by atoms with Crippen molar-refractivity contribution in [3.05, 3.63) is 35.4 Å². The van der Waals surface area contributed by atoms with Crippen molar-refractivity contribution in [2.24, 2.45) is 0 Å². The van der Waals surface area contributed by atoms with Crippen LogP contribution in [0.1, 0.15) is 24.5 Å². The van der Waals surface area contributed by atoms with Gasteiger partial charge in [-0.15, -0.1) is 0 Å². The van der Waals surface area contributed by atoms with Gasteiger partial charge < -0.3 is 19.9 Å². The number of piperidine rings is 1. The summed E-state index contributed by atoms with van der Waals surface area (Å²) in [4.78, 5) is 10.8. The number of likely N-dealkylation sites (N-methyl/N-ethyl adjacent to an activating group) is 1. The fourth-order valence-corrected chi connectivity index (χ4v) is 3.98. The summed E-state index contributed by atoms with van der Waals surface area (Å²) in [6.07, 6.45) is -4.43. The van der Waals surface area contributed by atoms with Gasteiger partial charge in [-0.1, -0.05) is 6.92 Å². The minimum atomic E-state index is -4.55. The second-order valence-electron chi connectivity index (χ2n) is 7.81. The summed E-state index contributed by atoms with van der Waals surface area (Å²) in [5.41, 5.74) is 0.497. The Labute approximate surface area is 176 Å². The zero-order valence-electron chi connectivity index (χ0n) is 17.1. The fraction of sp³-hybridized carbons (Fsp3) is 0.429. The molecule has 31 heavy (non-hydrogen) atoms. The monoisotopic (exact) mass is 436 g/mol. The molecule has 0 spiro atoms. The van der Waals surface area contributed by atoms with Crippen molar-refractivity contribution < 1.29 is 27.8 Å². The van der Waals surface area contributed by atoms with Crippen LogP contribution in [-0.2, 0) is 6.18 Å². The number of aromatic hydroxyl groups is 1. The number of nitrogens with zero attached hydrogens (tertiary/aromatic N) is 3. The average Bonchev–Trinajstić information content (AvgIpc) is 3.07. The molecule has 0 saturated carbocycles. The Kier molecular flexibility index (Phi) is 5.52. The van der Waals surface area contributed by atoms with Gasteiger partial charge in [0, 0.05) is 24.7 Å². The van der Waals surface area contributed by atoms with Crippen LogP contribution in [0.2, 0.25) is 0 Å². The largest absolute Gasteiger partial charge is 0.507 e. The van der Waals surface area contributed by atoms with E-state index in [0.29, 0.717) is 30.3 Å². The number of pyridine rings is 1. The van der Waals surface area contributed by atoms with Gasteiger partial charge >= 0.3 is 6.18 Å². The Bertz CT molecular complexity index is 1080. The van der Waals surface area contributed by atoms with E-state index in [1.54, 1.807) is 12.1 Å². The normalized spacial score (nSPS) is 20.3. The Morgan fingerprint density at radius 3 is 2.68 bits per heavy atom. The van der Waals surface area contributed by atoms with Gasteiger partial charge in [0.2, 0.25) is 5.65 Å². The molecule has 7 nitrogen and oxygen atoms in total. The van der Waals surface area contributed by atoms with Crippen molar-refractivity contribution >= 4 is 17.2 Å². The number of fused-ring (bicyclic) bond motifs is 1. The number of oxazole rings is 1. The summed E-state index contributed by atoms with van der Waals surface area (Å²) in [6.45, 7) is 5.70. The minimum Gasteiger partial charge on any atom is -0.507 e. The van der Waals surface area contributed by atoms with E-state index in [9.17, 15) is 23.4 Å². The summed E-state index contributed by atoms with van der Waals surface area (Å²) in [6, 6.07) is 5.05. The second kappa shape index (κ2) is 8.01. The average molecular weight is 436 g/mol. The molecule has 3 heterocycles. The topological polar surface area (TPSA) is 94.7 Å². The molecule has 0 radical (unpaired) electrons. The lowest BCUT2D eigenvalue weighted by atomic mass is 10.0. The number of phenolic OH excluding ortho intramolecular Hbond substituents is 1. The summed E-state index contributed by atoms with van der Waals surface area (Å²) in [5, 5.41) is 23.5. The fourth-order valence-electron chi connectivity index (χ4n) is 3.98. The van der Waals surface area contributed by atoms with Crippen LogP contribution in [0.5, 0.6) is 5.75 Å². The van der Waals surface area contributed by atoms with E-state index in [2.05, 4.69) is 20.2 Å². The predicted molar refractivity (Wildman–Crippen MR) is 109 cm³/mol. The van der Waals surface area contributed by atoms with Gasteiger partial charge in [0.1, 0.15) is 5.75 Å². The van der Waals surface area contributed by atoms with Gasteiger partial charge in [0.25, 0.3) is 6.01 Å². The molecular weight excluding hydrogens is 413 g/mol. The van der Waals surface area contributed by atoms with E-state index in [1.165, 1.54) is 6.92 Å². The number of aromatic nitrogens is 2. The Balaban J connectivity index is 1.61. The molecule has 1 aromatic carbocycles. The van der Waals surface area contributed by atoms with Gasteiger partial charge in [0.15, 0.2) is 5.58 Å². The number of rotatable bonds is 4. The predicted octanol–water partition coefficient (Wildman–Crippen LogP) is 3.79. The lowest BCUT2D eigenvalue weighted by Crippen LogP contribution is -2.48. The molecule has 4 rings (SSSR count). The number of halogens is 3. The van der Waals surface area contributed by atoms with E-state index >= 15 is 0 Å². The first-order chi connectivity index (χ1) is 14.6. The molecule has 1 aliphatic rings. The van der Waals surface area contributed by atoms with Gasteiger partial charge in [0.05, 0.1) is 17.4 Å². The number of aliphatic hydroxyl groups is 1. The zero-order chi connectivity index (χ0) is 22.3. The number of hydrogen-bond acceptors (Lipinski definition) is 7. The molecule has 0 unspecified atom stereocenters. The van der Waals surface area contributed by atoms with E-state index in [4.69, 9.17) is 4.42 Å². The van der Waals surface area contributed by atoms with Crippen molar-refractivity contribution in [1.82, 2.24) is 14.9 Å². The number of phenols is 1. The first-order valence-electron chi connectivity index (χ1n) is 9.99. The Morgan fingerprint density at radius 2 is 2.00 bits per heavy atom. The van der Waals surface area contributed by atoms with Gasteiger partial charge in [-0.25, -0.2) is 4.98 Å². The third-order valence-corrected chi connectivity index (χ3v) is 5.43. The summed E-state index contributed by atoms with van der Waals surface area (Å²) < 4.78 is 44.6. The van der Waals surface area contributed by atoms with Crippen LogP contribution >= 0.6 is 0 Å². The van der Waals surface area contributed by atoms with Crippen molar-refractivity contribution in [2.45, 2.75) is 38.6 Å². The molecule has 10 heteroatoms.